The van der Waals surface area contributed by atoms with Crippen LogP contribution in [0.4, 0.5) is 0 Å². The van der Waals surface area contributed by atoms with E-state index >= 15 is 0 Å². The van der Waals surface area contributed by atoms with Gasteiger partial charge in [-0.05, 0) is 13.3 Å². The molecule has 0 aliphatic heterocycles. The van der Waals surface area contributed by atoms with Gasteiger partial charge in [-0.2, -0.15) is 0 Å². The van der Waals surface area contributed by atoms with Crippen molar-refractivity contribution < 1.29 is 0 Å². The van der Waals surface area contributed by atoms with Crippen molar-refractivity contribution in [3.05, 3.63) is 0 Å². The van der Waals surface area contributed by atoms with Gasteiger partial charge in [-0.1, -0.05) is 53.3 Å². The Hall–Kier alpha value is 1.08. The molecule has 0 aromatic carbocycles. The minimum atomic E-state index is -1.65. The maximum atomic E-state index is 5.82. The van der Waals surface area contributed by atoms with Gasteiger partial charge in [-0.15, -0.1) is 0 Å². The highest BCUT2D eigenvalue weighted by atomic mass is 35.5. The fourth-order valence-electron chi connectivity index (χ4n) is 0.839. The zero-order valence-electron chi connectivity index (χ0n) is 6.87. The van der Waals surface area contributed by atoms with Crippen LogP contribution in [0.2, 0.25) is 0 Å². The van der Waals surface area contributed by atoms with Gasteiger partial charge in [0.2, 0.25) is 0 Å². The molecule has 0 spiro atoms. The molecule has 0 amide bonds. The summed E-state index contributed by atoms with van der Waals surface area (Å²) in [6.07, 6.45) is 0.375. The molecular formula is C6H12Cl4N2. The first-order chi connectivity index (χ1) is 5.06. The minimum absolute atomic E-state index is 0.375. The molecule has 0 aromatic rings. The Morgan fingerprint density at radius 2 is 1.42 bits per heavy atom. The third-order valence-electron chi connectivity index (χ3n) is 1.94. The number of hydrogen-bond acceptors (Lipinski definition) is 2. The second-order valence-electron chi connectivity index (χ2n) is 2.84. The minimum Gasteiger partial charge on any atom is -0.319 e. The molecule has 12 heavy (non-hydrogen) atoms. The van der Waals surface area contributed by atoms with E-state index in [1.165, 1.54) is 6.92 Å². The van der Waals surface area contributed by atoms with E-state index in [4.69, 9.17) is 57.9 Å². The molecule has 0 aromatic heterocycles. The predicted octanol–water partition coefficient (Wildman–Crippen LogP) is 2.38. The Kier molecular flexibility index (Phi) is 4.01. The van der Waals surface area contributed by atoms with E-state index in [0.29, 0.717) is 6.42 Å². The van der Waals surface area contributed by atoms with Gasteiger partial charge < -0.3 is 5.73 Å². The number of rotatable bonds is 3. The second kappa shape index (κ2) is 3.68. The van der Waals surface area contributed by atoms with Crippen LogP contribution in [0.15, 0.2) is 0 Å². The Bertz CT molecular complexity index is 144. The standard InChI is InChI=1S/C6H12Cl4N2/c1-3-5(11,4(2,7)8)6(9,10)12/h3,11-12H2,1-2H3. The van der Waals surface area contributed by atoms with Crippen molar-refractivity contribution in [3.63, 3.8) is 0 Å². The van der Waals surface area contributed by atoms with Crippen molar-refractivity contribution in [3.8, 4) is 0 Å². The summed E-state index contributed by atoms with van der Waals surface area (Å²) in [4.78, 5) is 0. The molecular weight excluding hydrogens is 242 g/mol. The van der Waals surface area contributed by atoms with Gasteiger partial charge in [-0.25, -0.2) is 0 Å². The fourth-order valence-corrected chi connectivity index (χ4v) is 2.24. The summed E-state index contributed by atoms with van der Waals surface area (Å²) in [5.41, 5.74) is 10.0. The van der Waals surface area contributed by atoms with E-state index in [9.17, 15) is 0 Å². The lowest BCUT2D eigenvalue weighted by molar-refractivity contribution is 0.335. The van der Waals surface area contributed by atoms with Crippen molar-refractivity contribution in [2.75, 3.05) is 0 Å². The van der Waals surface area contributed by atoms with Gasteiger partial charge in [0.05, 0.1) is 5.54 Å². The summed E-state index contributed by atoms with van der Waals surface area (Å²) >= 11 is 23.0. The Morgan fingerprint density at radius 1 is 1.08 bits per heavy atom. The topological polar surface area (TPSA) is 52.0 Å². The molecule has 2 nitrogen and oxygen atoms in total. The van der Waals surface area contributed by atoms with E-state index < -0.39 is 14.3 Å². The Morgan fingerprint density at radius 3 is 1.42 bits per heavy atom. The lowest BCUT2D eigenvalue weighted by atomic mass is 9.92. The molecule has 0 aliphatic rings. The molecule has 1 unspecified atom stereocenters. The summed E-state index contributed by atoms with van der Waals surface area (Å²) in [5, 5.41) is 0. The van der Waals surface area contributed by atoms with Crippen LogP contribution in [0.5, 0.6) is 0 Å². The van der Waals surface area contributed by atoms with Crippen molar-refractivity contribution in [1.29, 1.82) is 0 Å². The smallest absolute Gasteiger partial charge is 0.187 e. The normalized spacial score (nSPS) is 19.0. The van der Waals surface area contributed by atoms with Crippen molar-refractivity contribution in [2.24, 2.45) is 11.5 Å². The molecule has 0 aliphatic carbocycles. The van der Waals surface area contributed by atoms with E-state index in [1.807, 2.05) is 0 Å². The summed E-state index contributed by atoms with van der Waals surface area (Å²) in [6, 6.07) is 0. The third-order valence-corrected chi connectivity index (χ3v) is 3.28. The molecule has 6 heteroatoms. The zero-order chi connectivity index (χ0) is 10.2. The second-order valence-corrected chi connectivity index (χ2v) is 5.93. The Balaban J connectivity index is 4.95. The summed E-state index contributed by atoms with van der Waals surface area (Å²) in [5.74, 6) is 0. The fraction of sp³-hybridized carbons (Fsp3) is 1.00. The summed E-state index contributed by atoms with van der Waals surface area (Å²) < 4.78 is -2.93. The van der Waals surface area contributed by atoms with Gasteiger partial charge in [0.25, 0.3) is 0 Å². The van der Waals surface area contributed by atoms with Crippen LogP contribution in [0.1, 0.15) is 20.3 Å². The molecule has 4 N–H and O–H groups in total. The van der Waals surface area contributed by atoms with Crippen LogP contribution >= 0.6 is 46.4 Å². The van der Waals surface area contributed by atoms with Crippen LogP contribution in [-0.4, -0.2) is 14.3 Å². The van der Waals surface area contributed by atoms with E-state index in [-0.39, 0.29) is 0 Å². The number of nitrogens with two attached hydrogens (primary N) is 2. The van der Waals surface area contributed by atoms with Crippen molar-refractivity contribution in [2.45, 2.75) is 34.6 Å². The molecule has 0 radical (unpaired) electrons. The van der Waals surface area contributed by atoms with Crippen molar-refractivity contribution >= 4 is 46.4 Å². The van der Waals surface area contributed by atoms with E-state index in [1.54, 1.807) is 6.92 Å². The molecule has 1 atom stereocenters. The first kappa shape index (κ1) is 13.1. The van der Waals surface area contributed by atoms with Crippen LogP contribution < -0.4 is 11.5 Å². The first-order valence-corrected chi connectivity index (χ1v) is 4.91. The number of alkyl halides is 4. The maximum absolute atomic E-state index is 5.82. The largest absolute Gasteiger partial charge is 0.319 e. The lowest BCUT2D eigenvalue weighted by Crippen LogP contribution is -2.67. The molecule has 0 fully saturated rings. The molecule has 0 rings (SSSR count). The molecule has 0 bridgehead atoms. The quantitative estimate of drug-likeness (QED) is 0.600. The van der Waals surface area contributed by atoms with E-state index in [2.05, 4.69) is 0 Å². The van der Waals surface area contributed by atoms with Crippen molar-refractivity contribution in [1.82, 2.24) is 0 Å². The van der Waals surface area contributed by atoms with Gasteiger partial charge in [0.15, 0.2) is 4.46 Å². The van der Waals surface area contributed by atoms with Crippen LogP contribution in [0.3, 0.4) is 0 Å². The highest BCUT2D eigenvalue weighted by molar-refractivity contribution is 6.54. The summed E-state index contributed by atoms with van der Waals surface area (Å²) in [6.45, 7) is 3.27. The summed E-state index contributed by atoms with van der Waals surface area (Å²) in [7, 11) is 0. The number of halogens is 4. The van der Waals surface area contributed by atoms with Gasteiger partial charge >= 0.3 is 0 Å². The Labute approximate surface area is 92.5 Å². The monoisotopic (exact) mass is 252 g/mol. The average molecular weight is 254 g/mol. The average Bonchev–Trinajstić information content (AvgIpc) is 1.81. The van der Waals surface area contributed by atoms with Crippen LogP contribution in [-0.2, 0) is 0 Å². The highest BCUT2D eigenvalue weighted by Crippen LogP contribution is 2.43. The lowest BCUT2D eigenvalue weighted by Gasteiger charge is -2.43. The van der Waals surface area contributed by atoms with Gasteiger partial charge in [0, 0.05) is 0 Å². The third kappa shape index (κ3) is 2.31. The highest BCUT2D eigenvalue weighted by Gasteiger charge is 2.54. The predicted molar refractivity (Wildman–Crippen MR) is 55.9 cm³/mol. The maximum Gasteiger partial charge on any atom is 0.187 e. The zero-order valence-corrected chi connectivity index (χ0v) is 9.90. The molecule has 0 heterocycles. The SMILES string of the molecule is CCC(N)(C(C)(Cl)Cl)C(N)(Cl)Cl. The van der Waals surface area contributed by atoms with E-state index in [0.717, 1.165) is 0 Å². The van der Waals surface area contributed by atoms with Gasteiger partial charge in [0.1, 0.15) is 4.33 Å². The molecule has 0 saturated carbocycles. The molecule has 74 valence electrons. The number of hydrogen-bond donors (Lipinski definition) is 2. The van der Waals surface area contributed by atoms with Crippen LogP contribution in [0.25, 0.3) is 0 Å². The molecule has 0 saturated heterocycles. The van der Waals surface area contributed by atoms with Crippen LogP contribution in [0, 0.1) is 0 Å². The van der Waals surface area contributed by atoms with Gasteiger partial charge in [-0.3, -0.25) is 5.73 Å². The first-order valence-electron chi connectivity index (χ1n) is 3.39.